The van der Waals surface area contributed by atoms with Gasteiger partial charge >= 0.3 is 0 Å². The first kappa shape index (κ1) is 16.6. The lowest BCUT2D eigenvalue weighted by molar-refractivity contribution is 0.226. The third-order valence-corrected chi connectivity index (χ3v) is 4.29. The quantitative estimate of drug-likeness (QED) is 0.731. The molecule has 0 saturated heterocycles. The van der Waals surface area contributed by atoms with Crippen molar-refractivity contribution in [1.29, 1.82) is 0 Å². The van der Waals surface area contributed by atoms with E-state index >= 15 is 0 Å². The molecular formula is C15H24Cl2N2. The summed E-state index contributed by atoms with van der Waals surface area (Å²) in [6.45, 7) is 9.69. The molecule has 0 amide bonds. The average molecular weight is 303 g/mol. The number of nitrogens with two attached hydrogens (primary N) is 1. The summed E-state index contributed by atoms with van der Waals surface area (Å²) >= 11 is 12.2. The van der Waals surface area contributed by atoms with Crippen LogP contribution in [0.1, 0.15) is 39.2 Å². The highest BCUT2D eigenvalue weighted by Crippen LogP contribution is 2.29. The molecule has 0 spiro atoms. The van der Waals surface area contributed by atoms with Crippen LogP contribution in [0.5, 0.6) is 0 Å². The van der Waals surface area contributed by atoms with Crippen molar-refractivity contribution < 1.29 is 0 Å². The van der Waals surface area contributed by atoms with E-state index in [2.05, 4.69) is 25.7 Å². The van der Waals surface area contributed by atoms with Crippen molar-refractivity contribution in [2.24, 2.45) is 5.92 Å². The van der Waals surface area contributed by atoms with E-state index in [1.54, 1.807) is 0 Å². The highest BCUT2D eigenvalue weighted by Gasteiger charge is 2.12. The fourth-order valence-corrected chi connectivity index (χ4v) is 2.74. The Morgan fingerprint density at radius 2 is 1.63 bits per heavy atom. The van der Waals surface area contributed by atoms with Crippen LogP contribution in [-0.2, 0) is 6.54 Å². The standard InChI is InChI=1S/C15H24Cl2N2/c1-4-11(5-2)9-19(6-3)10-12-7-13(16)15(18)14(17)8-12/h7-8,11H,4-6,9-10,18H2,1-3H3. The second-order valence-electron chi connectivity index (χ2n) is 4.98. The molecule has 0 heterocycles. The van der Waals surface area contributed by atoms with Crippen LogP contribution in [0.3, 0.4) is 0 Å². The molecular weight excluding hydrogens is 279 g/mol. The van der Waals surface area contributed by atoms with Gasteiger partial charge in [0.05, 0.1) is 15.7 Å². The van der Waals surface area contributed by atoms with Crippen LogP contribution in [0.2, 0.25) is 10.0 Å². The normalized spacial score (nSPS) is 11.5. The van der Waals surface area contributed by atoms with Gasteiger partial charge in [-0.05, 0) is 30.2 Å². The molecule has 1 rings (SSSR count). The maximum atomic E-state index is 6.08. The van der Waals surface area contributed by atoms with Crippen molar-refractivity contribution in [1.82, 2.24) is 4.90 Å². The van der Waals surface area contributed by atoms with Crippen LogP contribution in [0.25, 0.3) is 0 Å². The van der Waals surface area contributed by atoms with Crippen molar-refractivity contribution in [3.63, 3.8) is 0 Å². The van der Waals surface area contributed by atoms with E-state index in [-0.39, 0.29) is 0 Å². The Balaban J connectivity index is 2.75. The zero-order chi connectivity index (χ0) is 14.4. The van der Waals surface area contributed by atoms with Crippen molar-refractivity contribution in [2.75, 3.05) is 18.8 Å². The monoisotopic (exact) mass is 302 g/mol. The Labute approximate surface area is 126 Å². The third kappa shape index (κ3) is 4.87. The molecule has 0 aliphatic rings. The first-order chi connectivity index (χ1) is 9.01. The molecule has 0 radical (unpaired) electrons. The Bertz CT molecular complexity index is 380. The minimum Gasteiger partial charge on any atom is -0.396 e. The Kier molecular flexibility index (Phi) is 6.98. The number of anilines is 1. The van der Waals surface area contributed by atoms with Gasteiger partial charge in [-0.2, -0.15) is 0 Å². The molecule has 0 unspecified atom stereocenters. The number of hydrogen-bond acceptors (Lipinski definition) is 2. The van der Waals surface area contributed by atoms with Gasteiger partial charge in [0.1, 0.15) is 0 Å². The summed E-state index contributed by atoms with van der Waals surface area (Å²) in [6, 6.07) is 3.83. The molecule has 108 valence electrons. The largest absolute Gasteiger partial charge is 0.396 e. The predicted molar refractivity (Wildman–Crippen MR) is 85.9 cm³/mol. The topological polar surface area (TPSA) is 29.3 Å². The second kappa shape index (κ2) is 7.98. The van der Waals surface area contributed by atoms with E-state index in [1.807, 2.05) is 12.1 Å². The SMILES string of the molecule is CCC(CC)CN(CC)Cc1cc(Cl)c(N)c(Cl)c1. The summed E-state index contributed by atoms with van der Waals surface area (Å²) in [5.74, 6) is 0.750. The summed E-state index contributed by atoms with van der Waals surface area (Å²) < 4.78 is 0. The number of benzene rings is 1. The fourth-order valence-electron chi connectivity index (χ4n) is 2.20. The van der Waals surface area contributed by atoms with E-state index in [1.165, 1.54) is 12.8 Å². The van der Waals surface area contributed by atoms with Gasteiger partial charge in [-0.1, -0.05) is 56.8 Å². The van der Waals surface area contributed by atoms with E-state index in [0.29, 0.717) is 15.7 Å². The molecule has 4 heteroatoms. The molecule has 2 N–H and O–H groups in total. The molecule has 19 heavy (non-hydrogen) atoms. The van der Waals surface area contributed by atoms with E-state index < -0.39 is 0 Å². The van der Waals surface area contributed by atoms with Gasteiger partial charge in [0.25, 0.3) is 0 Å². The summed E-state index contributed by atoms with van der Waals surface area (Å²) in [7, 11) is 0. The highest BCUT2D eigenvalue weighted by atomic mass is 35.5. The molecule has 1 aromatic rings. The molecule has 0 saturated carbocycles. The van der Waals surface area contributed by atoms with E-state index in [0.717, 1.165) is 31.1 Å². The van der Waals surface area contributed by atoms with Gasteiger partial charge in [0, 0.05) is 13.1 Å². The molecule has 2 nitrogen and oxygen atoms in total. The van der Waals surface area contributed by atoms with Crippen molar-refractivity contribution in [3.05, 3.63) is 27.7 Å². The van der Waals surface area contributed by atoms with E-state index in [4.69, 9.17) is 28.9 Å². The molecule has 0 aromatic heterocycles. The number of halogens is 2. The minimum absolute atomic E-state index is 0.468. The first-order valence-corrected chi connectivity index (χ1v) is 7.73. The number of nitrogens with zero attached hydrogens (tertiary/aromatic N) is 1. The zero-order valence-corrected chi connectivity index (χ0v) is 13.6. The fraction of sp³-hybridized carbons (Fsp3) is 0.600. The smallest absolute Gasteiger partial charge is 0.0693 e. The van der Waals surface area contributed by atoms with E-state index in [9.17, 15) is 0 Å². The zero-order valence-electron chi connectivity index (χ0n) is 12.0. The minimum atomic E-state index is 0.468. The molecule has 0 aliphatic heterocycles. The Morgan fingerprint density at radius 3 is 2.05 bits per heavy atom. The van der Waals surface area contributed by atoms with Crippen molar-refractivity contribution in [3.8, 4) is 0 Å². The van der Waals surface area contributed by atoms with Crippen molar-refractivity contribution in [2.45, 2.75) is 40.2 Å². The number of nitrogen functional groups attached to an aromatic ring is 1. The van der Waals surface area contributed by atoms with Crippen LogP contribution in [0.15, 0.2) is 12.1 Å². The maximum absolute atomic E-state index is 6.08. The number of rotatable bonds is 7. The van der Waals surface area contributed by atoms with Gasteiger partial charge in [-0.15, -0.1) is 0 Å². The van der Waals surface area contributed by atoms with Crippen LogP contribution in [0, 0.1) is 5.92 Å². The lowest BCUT2D eigenvalue weighted by Gasteiger charge is -2.25. The highest BCUT2D eigenvalue weighted by molar-refractivity contribution is 6.38. The first-order valence-electron chi connectivity index (χ1n) is 6.97. The number of hydrogen-bond donors (Lipinski definition) is 1. The van der Waals surface area contributed by atoms with Crippen LogP contribution < -0.4 is 5.73 Å². The van der Waals surface area contributed by atoms with Gasteiger partial charge < -0.3 is 5.73 Å². The molecule has 0 bridgehead atoms. The third-order valence-electron chi connectivity index (χ3n) is 3.66. The maximum Gasteiger partial charge on any atom is 0.0693 e. The lowest BCUT2D eigenvalue weighted by atomic mass is 10.0. The van der Waals surface area contributed by atoms with Crippen molar-refractivity contribution >= 4 is 28.9 Å². The molecule has 0 atom stereocenters. The van der Waals surface area contributed by atoms with Gasteiger partial charge in [-0.3, -0.25) is 4.90 Å². The summed E-state index contributed by atoms with van der Waals surface area (Å²) in [4.78, 5) is 2.43. The van der Waals surface area contributed by atoms with Gasteiger partial charge in [0.2, 0.25) is 0 Å². The second-order valence-corrected chi connectivity index (χ2v) is 5.80. The van der Waals surface area contributed by atoms with Crippen LogP contribution >= 0.6 is 23.2 Å². The molecule has 0 fully saturated rings. The molecule has 1 aromatic carbocycles. The van der Waals surface area contributed by atoms with Crippen LogP contribution in [0.4, 0.5) is 5.69 Å². The lowest BCUT2D eigenvalue weighted by Crippen LogP contribution is -2.28. The predicted octanol–water partition coefficient (Wildman–Crippen LogP) is 4.83. The Morgan fingerprint density at radius 1 is 1.11 bits per heavy atom. The molecule has 0 aliphatic carbocycles. The van der Waals surface area contributed by atoms with Gasteiger partial charge in [-0.25, -0.2) is 0 Å². The summed E-state index contributed by atoms with van der Waals surface area (Å²) in [5, 5.41) is 1.09. The summed E-state index contributed by atoms with van der Waals surface area (Å²) in [5.41, 5.74) is 7.35. The Hall–Kier alpha value is -0.440. The van der Waals surface area contributed by atoms with Gasteiger partial charge in [0.15, 0.2) is 0 Å². The van der Waals surface area contributed by atoms with Crippen LogP contribution in [-0.4, -0.2) is 18.0 Å². The summed E-state index contributed by atoms with van der Waals surface area (Å²) in [6.07, 6.45) is 2.44. The average Bonchev–Trinajstić information content (AvgIpc) is 2.40.